The maximum Gasteiger partial charge on any atom is 0.339 e. The Bertz CT molecular complexity index is 611. The van der Waals surface area contributed by atoms with Gasteiger partial charge in [0.2, 0.25) is 0 Å². The molecule has 0 spiro atoms. The predicted molar refractivity (Wildman–Crippen MR) is 123 cm³/mol. The van der Waals surface area contributed by atoms with Crippen LogP contribution in [0.2, 0.25) is 0 Å². The van der Waals surface area contributed by atoms with Crippen LogP contribution in [-0.4, -0.2) is 23.1 Å². The van der Waals surface area contributed by atoms with Gasteiger partial charge in [0.15, 0.2) is 0 Å². The first-order valence-electron chi connectivity index (χ1n) is 12.1. The van der Waals surface area contributed by atoms with Crippen molar-refractivity contribution < 1.29 is 19.4 Å². The second-order valence-electron chi connectivity index (χ2n) is 8.37. The highest BCUT2D eigenvalue weighted by Crippen LogP contribution is 2.26. The Hall–Kier alpha value is -1.84. The molecule has 0 aromatic heterocycles. The molecule has 1 N–H and O–H groups in total. The molecule has 2 atom stereocenters. The number of carbonyl (C=O) groups excluding carboxylic acids is 1. The first-order valence-corrected chi connectivity index (χ1v) is 12.1. The number of benzene rings is 1. The average molecular weight is 419 g/mol. The van der Waals surface area contributed by atoms with Crippen molar-refractivity contribution in [3.05, 3.63) is 35.4 Å². The Kier molecular flexibility index (Phi) is 13.9. The van der Waals surface area contributed by atoms with Crippen molar-refractivity contribution in [3.8, 4) is 0 Å². The van der Waals surface area contributed by atoms with Crippen LogP contribution in [0.1, 0.15) is 125 Å². The second kappa shape index (κ2) is 15.9. The van der Waals surface area contributed by atoms with E-state index in [-0.39, 0.29) is 17.2 Å². The van der Waals surface area contributed by atoms with Crippen LogP contribution in [0.4, 0.5) is 0 Å². The summed E-state index contributed by atoms with van der Waals surface area (Å²) in [6.45, 7) is 6.58. The van der Waals surface area contributed by atoms with Crippen LogP contribution in [0.25, 0.3) is 0 Å². The van der Waals surface area contributed by atoms with E-state index in [1.165, 1.54) is 51.0 Å². The molecule has 0 amide bonds. The Morgan fingerprint density at radius 3 is 1.93 bits per heavy atom. The van der Waals surface area contributed by atoms with Gasteiger partial charge < -0.3 is 9.84 Å². The zero-order chi connectivity index (χ0) is 22.2. The lowest BCUT2D eigenvalue weighted by molar-refractivity contribution is 0.00738. The van der Waals surface area contributed by atoms with E-state index in [1.54, 1.807) is 18.2 Å². The van der Waals surface area contributed by atoms with E-state index in [1.807, 2.05) is 0 Å². The first-order chi connectivity index (χ1) is 14.5. The van der Waals surface area contributed by atoms with Gasteiger partial charge in [0, 0.05) is 0 Å². The molecule has 2 unspecified atom stereocenters. The molecule has 4 nitrogen and oxygen atoms in total. The van der Waals surface area contributed by atoms with Gasteiger partial charge in [-0.1, -0.05) is 90.7 Å². The molecule has 1 rings (SSSR count). The number of unbranched alkanes of at least 4 members (excludes halogenated alkanes) is 8. The molecule has 0 heterocycles. The topological polar surface area (TPSA) is 63.6 Å². The highest BCUT2D eigenvalue weighted by molar-refractivity contribution is 6.02. The highest BCUT2D eigenvalue weighted by atomic mass is 16.5. The summed E-state index contributed by atoms with van der Waals surface area (Å²) in [7, 11) is 0. The van der Waals surface area contributed by atoms with Crippen molar-refractivity contribution in [1.82, 2.24) is 0 Å². The quantitative estimate of drug-likeness (QED) is 0.208. The summed E-state index contributed by atoms with van der Waals surface area (Å²) in [4.78, 5) is 24.3. The Balaban J connectivity index is 2.76. The van der Waals surface area contributed by atoms with Crippen molar-refractivity contribution in [3.63, 3.8) is 0 Å². The van der Waals surface area contributed by atoms with Gasteiger partial charge in [0.25, 0.3) is 0 Å². The van der Waals surface area contributed by atoms with Crippen molar-refractivity contribution >= 4 is 11.9 Å². The van der Waals surface area contributed by atoms with E-state index in [0.717, 1.165) is 38.5 Å². The lowest BCUT2D eigenvalue weighted by Gasteiger charge is -2.27. The van der Waals surface area contributed by atoms with E-state index >= 15 is 0 Å². The van der Waals surface area contributed by atoms with Gasteiger partial charge in [-0.05, 0) is 43.7 Å². The predicted octanol–water partition coefficient (Wildman–Crippen LogP) is 7.66. The van der Waals surface area contributed by atoms with Crippen LogP contribution in [0.3, 0.4) is 0 Å². The minimum Gasteiger partial charge on any atom is -0.478 e. The fourth-order valence-corrected chi connectivity index (χ4v) is 4.05. The van der Waals surface area contributed by atoms with Crippen LogP contribution >= 0.6 is 0 Å². The van der Waals surface area contributed by atoms with E-state index in [4.69, 9.17) is 4.74 Å². The van der Waals surface area contributed by atoms with Crippen LogP contribution in [0.5, 0.6) is 0 Å². The number of rotatable bonds is 17. The SMILES string of the molecule is CCCCCCCCCC(OC(=O)c1ccccc1C(=O)O)C(CC)CCCCC. The summed E-state index contributed by atoms with van der Waals surface area (Å²) in [5.41, 5.74) is 0.161. The van der Waals surface area contributed by atoms with Crippen molar-refractivity contribution in [2.45, 2.75) is 110 Å². The molecular formula is C26H42O4. The molecule has 30 heavy (non-hydrogen) atoms. The number of aromatic carboxylic acids is 1. The number of esters is 1. The molecule has 1 aromatic rings. The van der Waals surface area contributed by atoms with Gasteiger partial charge in [0.05, 0.1) is 11.1 Å². The number of carbonyl (C=O) groups is 2. The van der Waals surface area contributed by atoms with Gasteiger partial charge in [0.1, 0.15) is 6.10 Å². The highest BCUT2D eigenvalue weighted by Gasteiger charge is 2.26. The van der Waals surface area contributed by atoms with Gasteiger partial charge in [-0.15, -0.1) is 0 Å². The summed E-state index contributed by atoms with van der Waals surface area (Å²) in [5.74, 6) is -1.27. The molecule has 170 valence electrons. The molecular weight excluding hydrogens is 376 g/mol. The van der Waals surface area contributed by atoms with Gasteiger partial charge in [-0.2, -0.15) is 0 Å². The maximum atomic E-state index is 12.9. The molecule has 0 aliphatic heterocycles. The lowest BCUT2D eigenvalue weighted by Crippen LogP contribution is -2.28. The number of hydrogen-bond acceptors (Lipinski definition) is 3. The lowest BCUT2D eigenvalue weighted by atomic mass is 9.89. The van der Waals surface area contributed by atoms with Crippen molar-refractivity contribution in [2.75, 3.05) is 0 Å². The molecule has 0 saturated carbocycles. The Labute approximate surface area is 183 Å². The first kappa shape index (κ1) is 26.2. The fraction of sp³-hybridized carbons (Fsp3) is 0.692. The van der Waals surface area contributed by atoms with E-state index in [9.17, 15) is 14.7 Å². The molecule has 4 heteroatoms. The van der Waals surface area contributed by atoms with Crippen LogP contribution in [0, 0.1) is 5.92 Å². The number of ether oxygens (including phenoxy) is 1. The standard InChI is InChI=1S/C26H42O4/c1-4-7-9-10-11-12-14-20-24(21(6-3)17-13-8-5-2)30-26(29)23-19-16-15-18-22(23)25(27)28/h15-16,18-19,21,24H,4-14,17,20H2,1-3H3,(H,27,28). The monoisotopic (exact) mass is 418 g/mol. The molecule has 0 aliphatic carbocycles. The number of carboxylic acids is 1. The fourth-order valence-electron chi connectivity index (χ4n) is 4.05. The van der Waals surface area contributed by atoms with Gasteiger partial charge in [-0.3, -0.25) is 0 Å². The van der Waals surface area contributed by atoms with E-state index in [2.05, 4.69) is 20.8 Å². The summed E-state index contributed by atoms with van der Waals surface area (Å²) < 4.78 is 5.95. The minimum atomic E-state index is -1.10. The molecule has 1 aromatic carbocycles. The van der Waals surface area contributed by atoms with Gasteiger partial charge >= 0.3 is 11.9 Å². The van der Waals surface area contributed by atoms with Crippen LogP contribution < -0.4 is 0 Å². The Morgan fingerprint density at radius 1 is 0.800 bits per heavy atom. The maximum absolute atomic E-state index is 12.9. The Morgan fingerprint density at radius 2 is 1.33 bits per heavy atom. The van der Waals surface area contributed by atoms with Crippen LogP contribution in [-0.2, 0) is 4.74 Å². The average Bonchev–Trinajstić information content (AvgIpc) is 2.75. The summed E-state index contributed by atoms with van der Waals surface area (Å²) in [6.07, 6.45) is 14.8. The largest absolute Gasteiger partial charge is 0.478 e. The third-order valence-electron chi connectivity index (χ3n) is 5.96. The molecule has 0 saturated heterocycles. The summed E-state index contributed by atoms with van der Waals surface area (Å²) >= 11 is 0. The van der Waals surface area contributed by atoms with E-state index in [0.29, 0.717) is 5.92 Å². The van der Waals surface area contributed by atoms with Crippen molar-refractivity contribution in [1.29, 1.82) is 0 Å². The van der Waals surface area contributed by atoms with E-state index < -0.39 is 11.9 Å². The second-order valence-corrected chi connectivity index (χ2v) is 8.37. The summed E-state index contributed by atoms with van der Waals surface area (Å²) in [6, 6.07) is 6.33. The van der Waals surface area contributed by atoms with Gasteiger partial charge in [-0.25, -0.2) is 9.59 Å². The third-order valence-corrected chi connectivity index (χ3v) is 5.96. The normalized spacial score (nSPS) is 13.0. The number of hydrogen-bond donors (Lipinski definition) is 1. The molecule has 0 fully saturated rings. The van der Waals surface area contributed by atoms with Crippen molar-refractivity contribution in [2.24, 2.45) is 5.92 Å². The molecule has 0 aliphatic rings. The minimum absolute atomic E-state index is 0.0104. The molecule has 0 radical (unpaired) electrons. The smallest absolute Gasteiger partial charge is 0.339 e. The third kappa shape index (κ3) is 9.77. The number of carboxylic acid groups (broad SMARTS) is 1. The zero-order valence-electron chi connectivity index (χ0n) is 19.3. The summed E-state index contributed by atoms with van der Waals surface area (Å²) in [5, 5.41) is 9.40. The molecule has 0 bridgehead atoms. The zero-order valence-corrected chi connectivity index (χ0v) is 19.3. The van der Waals surface area contributed by atoms with Crippen LogP contribution in [0.15, 0.2) is 24.3 Å².